The zero-order valence-electron chi connectivity index (χ0n) is 10.6. The smallest absolute Gasteiger partial charge is 0.262 e. The molecule has 1 aliphatic rings. The van der Waals surface area contributed by atoms with E-state index in [1.165, 1.54) is 6.07 Å². The summed E-state index contributed by atoms with van der Waals surface area (Å²) >= 11 is 5.19. The molecule has 0 atom stereocenters. The molecule has 0 fully saturated rings. The minimum atomic E-state index is -0.418. The summed E-state index contributed by atoms with van der Waals surface area (Å²) in [6.07, 6.45) is 0. The fourth-order valence-electron chi connectivity index (χ4n) is 2.28. The van der Waals surface area contributed by atoms with Gasteiger partial charge in [-0.2, -0.15) is 0 Å². The topological polar surface area (TPSA) is 37.4 Å². The first kappa shape index (κ1) is 14.6. The molecule has 2 aromatic rings. The van der Waals surface area contributed by atoms with Gasteiger partial charge in [0.25, 0.3) is 11.8 Å². The SMILES string of the molecule is O=C1c2cccc(I)c2C(=O)N1Cc1cccc(F)c1Br. The number of benzene rings is 2. The van der Waals surface area contributed by atoms with Gasteiger partial charge in [0.1, 0.15) is 5.82 Å². The number of hydrogen-bond donors (Lipinski definition) is 0. The fraction of sp³-hybridized carbons (Fsp3) is 0.0667. The minimum Gasteiger partial charge on any atom is -0.270 e. The maximum Gasteiger partial charge on any atom is 0.262 e. The van der Waals surface area contributed by atoms with Crippen LogP contribution in [0.3, 0.4) is 0 Å². The molecule has 0 saturated heterocycles. The fourth-order valence-corrected chi connectivity index (χ4v) is 3.40. The molecule has 0 radical (unpaired) electrons. The molecule has 21 heavy (non-hydrogen) atoms. The molecule has 1 aliphatic heterocycles. The Morgan fingerprint density at radius 3 is 2.52 bits per heavy atom. The van der Waals surface area contributed by atoms with E-state index in [1.54, 1.807) is 30.3 Å². The average molecular weight is 460 g/mol. The lowest BCUT2D eigenvalue weighted by molar-refractivity contribution is 0.0641. The zero-order valence-corrected chi connectivity index (χ0v) is 14.3. The molecule has 0 saturated carbocycles. The molecule has 0 aliphatic carbocycles. The highest BCUT2D eigenvalue weighted by Gasteiger charge is 2.37. The van der Waals surface area contributed by atoms with Crippen LogP contribution in [0.5, 0.6) is 0 Å². The van der Waals surface area contributed by atoms with Crippen molar-refractivity contribution in [1.82, 2.24) is 4.90 Å². The van der Waals surface area contributed by atoms with Crippen molar-refractivity contribution in [3.63, 3.8) is 0 Å². The molecule has 0 spiro atoms. The lowest BCUT2D eigenvalue weighted by Crippen LogP contribution is -2.29. The maximum atomic E-state index is 13.5. The van der Waals surface area contributed by atoms with E-state index in [1.807, 2.05) is 22.6 Å². The van der Waals surface area contributed by atoms with Crippen LogP contribution in [0.4, 0.5) is 4.39 Å². The molecule has 2 aromatic carbocycles. The Kier molecular flexibility index (Phi) is 3.83. The highest BCUT2D eigenvalue weighted by Crippen LogP contribution is 2.30. The predicted octanol–water partition coefficient (Wildman–Crippen LogP) is 3.99. The molecule has 106 valence electrons. The van der Waals surface area contributed by atoms with E-state index in [0.717, 1.165) is 8.47 Å². The normalized spacial score (nSPS) is 13.8. The molecule has 0 N–H and O–H groups in total. The van der Waals surface area contributed by atoms with Gasteiger partial charge >= 0.3 is 0 Å². The first-order valence-corrected chi connectivity index (χ1v) is 7.95. The molecule has 0 unspecified atom stereocenters. The van der Waals surface area contributed by atoms with Crippen molar-refractivity contribution < 1.29 is 14.0 Å². The highest BCUT2D eigenvalue weighted by molar-refractivity contribution is 14.1. The molecule has 3 rings (SSSR count). The number of carbonyl (C=O) groups excluding carboxylic acids is 2. The van der Waals surface area contributed by atoms with E-state index in [0.29, 0.717) is 16.7 Å². The quantitative estimate of drug-likeness (QED) is 0.503. The largest absolute Gasteiger partial charge is 0.270 e. The summed E-state index contributed by atoms with van der Waals surface area (Å²) in [5.74, 6) is -1.10. The molecule has 0 bridgehead atoms. The van der Waals surface area contributed by atoms with Gasteiger partial charge in [0, 0.05) is 3.57 Å². The van der Waals surface area contributed by atoms with Gasteiger partial charge in [-0.15, -0.1) is 0 Å². The van der Waals surface area contributed by atoms with Gasteiger partial charge in [0.2, 0.25) is 0 Å². The number of nitrogens with zero attached hydrogens (tertiary/aromatic N) is 1. The first-order valence-electron chi connectivity index (χ1n) is 6.08. The van der Waals surface area contributed by atoms with Crippen molar-refractivity contribution in [2.75, 3.05) is 0 Å². The third kappa shape index (κ3) is 2.40. The van der Waals surface area contributed by atoms with Crippen molar-refractivity contribution >= 4 is 50.3 Å². The second-order valence-electron chi connectivity index (χ2n) is 4.57. The van der Waals surface area contributed by atoms with Gasteiger partial charge in [-0.3, -0.25) is 14.5 Å². The van der Waals surface area contributed by atoms with Crippen molar-refractivity contribution in [3.8, 4) is 0 Å². The Bertz CT molecular complexity index is 778. The van der Waals surface area contributed by atoms with Crippen LogP contribution in [-0.4, -0.2) is 16.7 Å². The van der Waals surface area contributed by atoms with E-state index in [4.69, 9.17) is 0 Å². The summed E-state index contributed by atoms with van der Waals surface area (Å²) in [6, 6.07) is 9.72. The van der Waals surface area contributed by atoms with E-state index >= 15 is 0 Å². The van der Waals surface area contributed by atoms with Gasteiger partial charge in [0.15, 0.2) is 0 Å². The van der Waals surface area contributed by atoms with Crippen molar-refractivity contribution in [1.29, 1.82) is 0 Å². The lowest BCUT2D eigenvalue weighted by Gasteiger charge is -2.15. The van der Waals surface area contributed by atoms with Gasteiger partial charge in [-0.05, 0) is 62.3 Å². The standard InChI is InChI=1S/C15H8BrFINO2/c16-13-8(3-1-5-10(13)17)7-19-14(20)9-4-2-6-11(18)12(9)15(19)21/h1-6H,7H2. The van der Waals surface area contributed by atoms with Gasteiger partial charge in [0.05, 0.1) is 22.1 Å². The Morgan fingerprint density at radius 1 is 1.10 bits per heavy atom. The average Bonchev–Trinajstić information content (AvgIpc) is 2.70. The summed E-state index contributed by atoms with van der Waals surface area (Å²) in [4.78, 5) is 25.9. The number of imide groups is 1. The van der Waals surface area contributed by atoms with Crippen LogP contribution in [-0.2, 0) is 6.54 Å². The number of hydrogen-bond acceptors (Lipinski definition) is 2. The zero-order chi connectivity index (χ0) is 15.1. The summed E-state index contributed by atoms with van der Waals surface area (Å²) in [5.41, 5.74) is 1.38. The van der Waals surface area contributed by atoms with Crippen molar-refractivity contribution in [3.05, 3.63) is 66.9 Å². The molecular weight excluding hydrogens is 452 g/mol. The number of fused-ring (bicyclic) bond motifs is 1. The summed E-state index contributed by atoms with van der Waals surface area (Å²) in [5, 5.41) is 0. The third-order valence-corrected chi connectivity index (χ3v) is 5.10. The molecule has 2 amide bonds. The van der Waals surface area contributed by atoms with Crippen LogP contribution in [0.15, 0.2) is 40.9 Å². The molecule has 6 heteroatoms. The minimum absolute atomic E-state index is 0.0424. The number of rotatable bonds is 2. The molecular formula is C15H8BrFINO2. The molecule has 0 aromatic heterocycles. The highest BCUT2D eigenvalue weighted by atomic mass is 127. The van der Waals surface area contributed by atoms with E-state index in [9.17, 15) is 14.0 Å². The van der Waals surface area contributed by atoms with Crippen LogP contribution in [0.25, 0.3) is 0 Å². The second kappa shape index (κ2) is 5.49. The van der Waals surface area contributed by atoms with E-state index < -0.39 is 5.82 Å². The Labute approximate surface area is 142 Å². The van der Waals surface area contributed by atoms with E-state index in [2.05, 4.69) is 15.9 Å². The summed E-state index contributed by atoms with van der Waals surface area (Å²) in [7, 11) is 0. The maximum absolute atomic E-state index is 13.5. The van der Waals surface area contributed by atoms with Crippen LogP contribution >= 0.6 is 38.5 Å². The van der Waals surface area contributed by atoms with Gasteiger partial charge in [-0.25, -0.2) is 4.39 Å². The summed E-state index contributed by atoms with van der Waals surface area (Å²) in [6.45, 7) is 0.0424. The second-order valence-corrected chi connectivity index (χ2v) is 6.53. The van der Waals surface area contributed by atoms with E-state index in [-0.39, 0.29) is 22.8 Å². The molecule has 3 nitrogen and oxygen atoms in total. The van der Waals surface area contributed by atoms with Crippen LogP contribution < -0.4 is 0 Å². The monoisotopic (exact) mass is 459 g/mol. The van der Waals surface area contributed by atoms with Crippen molar-refractivity contribution in [2.45, 2.75) is 6.54 Å². The Balaban J connectivity index is 1.99. The molecule has 1 heterocycles. The number of amides is 2. The van der Waals surface area contributed by atoms with Crippen LogP contribution in [0.1, 0.15) is 26.3 Å². The summed E-state index contributed by atoms with van der Waals surface area (Å²) < 4.78 is 14.6. The van der Waals surface area contributed by atoms with Crippen LogP contribution in [0, 0.1) is 9.39 Å². The number of carbonyl (C=O) groups is 2. The number of halogens is 3. The van der Waals surface area contributed by atoms with Gasteiger partial charge in [-0.1, -0.05) is 18.2 Å². The Hall–Kier alpha value is -1.28. The van der Waals surface area contributed by atoms with Gasteiger partial charge < -0.3 is 0 Å². The van der Waals surface area contributed by atoms with Crippen molar-refractivity contribution in [2.24, 2.45) is 0 Å². The van der Waals surface area contributed by atoms with Crippen LogP contribution in [0.2, 0.25) is 0 Å². The first-order chi connectivity index (χ1) is 10.0. The lowest BCUT2D eigenvalue weighted by atomic mass is 10.1. The predicted molar refractivity (Wildman–Crippen MR) is 87.5 cm³/mol. The third-order valence-electron chi connectivity index (χ3n) is 3.31. The Morgan fingerprint density at radius 2 is 1.81 bits per heavy atom.